The van der Waals surface area contributed by atoms with Crippen molar-refractivity contribution in [2.75, 3.05) is 18.4 Å². The summed E-state index contributed by atoms with van der Waals surface area (Å²) in [7, 11) is 0. The Morgan fingerprint density at radius 3 is 2.21 bits per heavy atom. The van der Waals surface area contributed by atoms with Crippen molar-refractivity contribution in [2.24, 2.45) is 0 Å². The van der Waals surface area contributed by atoms with E-state index in [0.717, 1.165) is 36.6 Å². The summed E-state index contributed by atoms with van der Waals surface area (Å²) < 4.78 is 0. The van der Waals surface area contributed by atoms with Crippen molar-refractivity contribution in [1.82, 2.24) is 14.9 Å². The average Bonchev–Trinajstić information content (AvgIpc) is 3.26. The number of nitrogens with one attached hydrogen (secondary N) is 1. The van der Waals surface area contributed by atoms with Crippen LogP contribution < -0.4 is 5.32 Å². The van der Waals surface area contributed by atoms with Crippen LogP contribution in [-0.4, -0.2) is 34.0 Å². The molecule has 0 amide bonds. The minimum atomic E-state index is 0.308. The lowest BCUT2D eigenvalue weighted by atomic mass is 9.93. The fourth-order valence-electron chi connectivity index (χ4n) is 5.58. The molecule has 0 radical (unpaired) electrons. The van der Waals surface area contributed by atoms with E-state index in [9.17, 15) is 0 Å². The molecule has 4 aromatic rings. The minimum Gasteiger partial charge on any atom is -0.367 e. The fourth-order valence-corrected chi connectivity index (χ4v) is 6.81. The quantitative estimate of drug-likeness (QED) is 0.388. The number of aryl methyl sites for hydroxylation is 2. The number of nitrogens with zero attached hydrogens (tertiary/aromatic N) is 3. The average molecular weight is 455 g/mol. The van der Waals surface area contributed by atoms with Gasteiger partial charge in [0.1, 0.15) is 17.0 Å². The van der Waals surface area contributed by atoms with Crippen LogP contribution in [0.3, 0.4) is 0 Å². The van der Waals surface area contributed by atoms with Crippen LogP contribution in [0.4, 0.5) is 5.82 Å². The van der Waals surface area contributed by atoms with E-state index in [1.165, 1.54) is 52.6 Å². The molecule has 0 atom stereocenters. The summed E-state index contributed by atoms with van der Waals surface area (Å²) in [5.41, 5.74) is 4.25. The van der Waals surface area contributed by atoms with Crippen LogP contribution in [0.1, 0.15) is 53.3 Å². The Morgan fingerprint density at radius 2 is 1.52 bits per heavy atom. The zero-order chi connectivity index (χ0) is 22.0. The van der Waals surface area contributed by atoms with Crippen LogP contribution in [0.2, 0.25) is 0 Å². The Bertz CT molecular complexity index is 1170. The Kier molecular flexibility index (Phi) is 5.83. The normalized spacial score (nSPS) is 17.4. The highest BCUT2D eigenvalue weighted by molar-refractivity contribution is 7.19. The maximum Gasteiger partial charge on any atom is 0.138 e. The van der Waals surface area contributed by atoms with Crippen molar-refractivity contribution in [3.63, 3.8) is 0 Å². The van der Waals surface area contributed by atoms with Crippen LogP contribution in [0.5, 0.6) is 0 Å². The first-order valence-corrected chi connectivity index (χ1v) is 13.0. The van der Waals surface area contributed by atoms with Gasteiger partial charge in [-0.25, -0.2) is 9.97 Å². The summed E-state index contributed by atoms with van der Waals surface area (Å²) >= 11 is 1.88. The zero-order valence-electron chi connectivity index (χ0n) is 18.9. The SMILES string of the molecule is c1ccc(C(c2ccccc2)N2CCC(Nc3ncnc4sc5c(c34)CCCC5)CC2)cc1. The van der Waals surface area contributed by atoms with Crippen molar-refractivity contribution in [2.45, 2.75) is 50.6 Å². The summed E-state index contributed by atoms with van der Waals surface area (Å²) in [5, 5.41) is 5.13. The number of fused-ring (bicyclic) bond motifs is 3. The lowest BCUT2D eigenvalue weighted by molar-refractivity contribution is 0.179. The van der Waals surface area contributed by atoms with Gasteiger partial charge in [0, 0.05) is 24.0 Å². The summed E-state index contributed by atoms with van der Waals surface area (Å²) in [6, 6.07) is 22.6. The van der Waals surface area contributed by atoms with E-state index >= 15 is 0 Å². The second-order valence-corrected chi connectivity index (χ2v) is 10.4. The van der Waals surface area contributed by atoms with Gasteiger partial charge in [0.15, 0.2) is 0 Å². The van der Waals surface area contributed by atoms with Gasteiger partial charge >= 0.3 is 0 Å². The first kappa shape index (κ1) is 20.8. The third-order valence-corrected chi connectivity index (χ3v) is 8.42. The first-order valence-electron chi connectivity index (χ1n) is 12.2. The molecule has 2 aliphatic rings. The Labute approximate surface area is 199 Å². The summed E-state index contributed by atoms with van der Waals surface area (Å²) in [5.74, 6) is 1.06. The fraction of sp³-hybridized carbons (Fsp3) is 0.357. The highest BCUT2D eigenvalue weighted by Crippen LogP contribution is 2.39. The minimum absolute atomic E-state index is 0.308. The van der Waals surface area contributed by atoms with Crippen LogP contribution in [0.15, 0.2) is 67.0 Å². The van der Waals surface area contributed by atoms with E-state index in [-0.39, 0.29) is 0 Å². The Balaban J connectivity index is 1.21. The van der Waals surface area contributed by atoms with Crippen molar-refractivity contribution in [3.8, 4) is 0 Å². The maximum atomic E-state index is 4.70. The summed E-state index contributed by atoms with van der Waals surface area (Å²) in [6.45, 7) is 2.14. The number of aromatic nitrogens is 2. The largest absolute Gasteiger partial charge is 0.367 e. The van der Waals surface area contributed by atoms with Gasteiger partial charge in [-0.05, 0) is 55.2 Å². The van der Waals surface area contributed by atoms with Gasteiger partial charge < -0.3 is 5.32 Å². The third-order valence-electron chi connectivity index (χ3n) is 7.22. The summed E-state index contributed by atoms with van der Waals surface area (Å²) in [4.78, 5) is 14.6. The Morgan fingerprint density at radius 1 is 0.848 bits per heavy atom. The number of hydrogen-bond donors (Lipinski definition) is 1. The monoisotopic (exact) mass is 454 g/mol. The molecule has 3 heterocycles. The van der Waals surface area contributed by atoms with Crippen LogP contribution in [0, 0.1) is 0 Å². The van der Waals surface area contributed by atoms with Gasteiger partial charge in [-0.15, -0.1) is 11.3 Å². The molecule has 4 nitrogen and oxygen atoms in total. The molecule has 1 N–H and O–H groups in total. The number of benzene rings is 2. The van der Waals surface area contributed by atoms with Crippen LogP contribution in [-0.2, 0) is 12.8 Å². The van der Waals surface area contributed by atoms with Crippen molar-refractivity contribution < 1.29 is 0 Å². The summed E-state index contributed by atoms with van der Waals surface area (Å²) in [6.07, 6.45) is 8.94. The first-order chi connectivity index (χ1) is 16.4. The smallest absolute Gasteiger partial charge is 0.138 e. The molecule has 1 saturated heterocycles. The maximum absolute atomic E-state index is 4.70. The molecule has 168 valence electrons. The van der Waals surface area contributed by atoms with Gasteiger partial charge in [0.2, 0.25) is 0 Å². The van der Waals surface area contributed by atoms with Gasteiger partial charge in [0.25, 0.3) is 0 Å². The third kappa shape index (κ3) is 4.16. The predicted octanol–water partition coefficient (Wildman–Crippen LogP) is 6.24. The number of anilines is 1. The second-order valence-electron chi connectivity index (χ2n) is 9.29. The molecular formula is C28H30N4S. The molecule has 33 heavy (non-hydrogen) atoms. The van der Waals surface area contributed by atoms with Crippen molar-refractivity contribution >= 4 is 27.4 Å². The van der Waals surface area contributed by atoms with E-state index in [4.69, 9.17) is 4.98 Å². The van der Waals surface area contributed by atoms with Crippen molar-refractivity contribution in [3.05, 3.63) is 88.6 Å². The molecule has 0 saturated carbocycles. The molecule has 1 aliphatic heterocycles. The molecule has 1 aliphatic carbocycles. The highest BCUT2D eigenvalue weighted by atomic mass is 32.1. The van der Waals surface area contributed by atoms with E-state index < -0.39 is 0 Å². The van der Waals surface area contributed by atoms with Crippen LogP contribution >= 0.6 is 11.3 Å². The van der Waals surface area contributed by atoms with E-state index in [2.05, 4.69) is 75.9 Å². The molecule has 5 heteroatoms. The molecule has 0 spiro atoms. The number of rotatable bonds is 5. The van der Waals surface area contributed by atoms with E-state index in [0.29, 0.717) is 12.1 Å². The number of piperidine rings is 1. The molecule has 0 bridgehead atoms. The lowest BCUT2D eigenvalue weighted by Crippen LogP contribution is -2.41. The van der Waals surface area contributed by atoms with E-state index in [1.807, 2.05) is 11.3 Å². The van der Waals surface area contributed by atoms with Gasteiger partial charge in [-0.2, -0.15) is 0 Å². The van der Waals surface area contributed by atoms with Gasteiger partial charge in [0.05, 0.1) is 11.4 Å². The number of likely N-dealkylation sites (tertiary alicyclic amines) is 1. The van der Waals surface area contributed by atoms with E-state index in [1.54, 1.807) is 6.33 Å². The number of hydrogen-bond acceptors (Lipinski definition) is 5. The zero-order valence-corrected chi connectivity index (χ0v) is 19.7. The Hall–Kier alpha value is -2.76. The molecule has 0 unspecified atom stereocenters. The molecular weight excluding hydrogens is 424 g/mol. The number of thiophene rings is 1. The molecule has 6 rings (SSSR count). The molecule has 2 aromatic heterocycles. The lowest BCUT2D eigenvalue weighted by Gasteiger charge is -2.38. The molecule has 2 aromatic carbocycles. The standard InChI is InChI=1S/C28H30N4S/c1-3-9-20(10-4-1)26(21-11-5-2-6-12-21)32-17-15-22(16-18-32)31-27-25-23-13-7-8-14-24(23)33-28(25)30-19-29-27/h1-6,9-12,19,22,26H,7-8,13-18H2,(H,29,30,31). The predicted molar refractivity (Wildman–Crippen MR) is 137 cm³/mol. The highest BCUT2D eigenvalue weighted by Gasteiger charge is 2.28. The topological polar surface area (TPSA) is 41.0 Å². The van der Waals surface area contributed by atoms with Crippen LogP contribution in [0.25, 0.3) is 10.2 Å². The van der Waals surface area contributed by atoms with Gasteiger partial charge in [-0.1, -0.05) is 60.7 Å². The van der Waals surface area contributed by atoms with Crippen molar-refractivity contribution in [1.29, 1.82) is 0 Å². The van der Waals surface area contributed by atoms with Gasteiger partial charge in [-0.3, -0.25) is 4.90 Å². The molecule has 1 fully saturated rings. The second kappa shape index (κ2) is 9.24.